The van der Waals surface area contributed by atoms with Gasteiger partial charge in [0.05, 0.1) is 0 Å². The molecule has 0 aromatic carbocycles. The second kappa shape index (κ2) is 4.30. The first-order valence-electron chi connectivity index (χ1n) is 2.01. The van der Waals surface area contributed by atoms with E-state index in [-0.39, 0.29) is 0 Å². The predicted octanol–water partition coefficient (Wildman–Crippen LogP) is 1.19. The van der Waals surface area contributed by atoms with E-state index in [9.17, 15) is 9.18 Å². The van der Waals surface area contributed by atoms with Crippen molar-refractivity contribution in [1.29, 1.82) is 0 Å². The molecule has 0 aromatic heterocycles. The van der Waals surface area contributed by atoms with Crippen molar-refractivity contribution in [2.45, 2.75) is 6.92 Å². The monoisotopic (exact) mass is 384 g/mol. The molecule has 0 aliphatic carbocycles. The molecule has 0 amide bonds. The summed E-state index contributed by atoms with van der Waals surface area (Å²) in [6.07, 6.45) is 0. The maximum absolute atomic E-state index is 11.6. The number of carbonyl (C=O) groups is 1. The molecule has 0 unspecified atom stereocenters. The Bertz CT molecular complexity index is 114. The van der Waals surface area contributed by atoms with E-state index in [2.05, 4.69) is 11.3 Å². The van der Waals surface area contributed by atoms with Gasteiger partial charge in [-0.3, -0.25) is 0 Å². The molecule has 0 aliphatic heterocycles. The van der Waals surface area contributed by atoms with Crippen LogP contribution in [0.15, 0.2) is 12.4 Å². The molecule has 0 aromatic rings. The molecule has 0 saturated heterocycles. The molecule has 0 spiro atoms. The number of hydrogen-bond donors (Lipinski definition) is 0. The van der Waals surface area contributed by atoms with Gasteiger partial charge < -0.3 is 4.74 Å². The fraction of sp³-hybridized carbons (Fsp3) is 0.200. The first kappa shape index (κ1) is 10.2. The maximum atomic E-state index is 11.6. The third-order valence-electron chi connectivity index (χ3n) is 0.446. The van der Waals surface area contributed by atoms with Gasteiger partial charge in [-0.2, -0.15) is 17.9 Å². The van der Waals surface area contributed by atoms with Crippen LogP contribution < -0.4 is 0 Å². The molecule has 0 radical (unpaired) electrons. The summed E-state index contributed by atoms with van der Waals surface area (Å²) < 4.78 is 15.7. The van der Waals surface area contributed by atoms with Gasteiger partial charge in [-0.05, 0) is 0 Å². The largest absolute Gasteiger partial charge is 0.632 e. The quantitative estimate of drug-likeness (QED) is 0.407. The Labute approximate surface area is 47.0 Å². The van der Waals surface area contributed by atoms with Crippen LogP contribution in [-0.4, -0.2) is 5.97 Å². The van der Waals surface area contributed by atoms with Crippen LogP contribution in [0.5, 0.6) is 0 Å². The molecular weight excluding hydrogens is 378 g/mol. The van der Waals surface area contributed by atoms with Crippen molar-refractivity contribution < 1.29 is 13.9 Å². The second-order valence-corrected chi connectivity index (χ2v) is 1.05. The number of ether oxygens (including phenoxy) is 1. The SMILES string of the molecule is C=C(F)C(=O)O[CH-]C.[Rf]. The van der Waals surface area contributed by atoms with Gasteiger partial charge in [0.25, 0.3) is 0 Å². The smallest absolute Gasteiger partial charge is 0.335 e. The van der Waals surface area contributed by atoms with Crippen molar-refractivity contribution in [3.8, 4) is 0 Å². The molecule has 4 heteroatoms. The molecule has 0 fully saturated rings. The third-order valence-corrected chi connectivity index (χ3v) is 0.446. The maximum Gasteiger partial charge on any atom is 0.335 e. The van der Waals surface area contributed by atoms with Crippen molar-refractivity contribution >= 4 is 5.97 Å². The van der Waals surface area contributed by atoms with Gasteiger partial charge in [-0.15, -0.1) is 0 Å². The molecule has 2 nitrogen and oxygen atoms in total. The van der Waals surface area contributed by atoms with E-state index in [1.165, 1.54) is 6.92 Å². The Balaban J connectivity index is 0. The summed E-state index contributed by atoms with van der Waals surface area (Å²) in [6.45, 7) is 5.28. The fourth-order valence-corrected chi connectivity index (χ4v) is 0.171. The van der Waals surface area contributed by atoms with Crippen molar-refractivity contribution in [2.24, 2.45) is 0 Å². The molecular formula is C5H6FO2Rf-. The van der Waals surface area contributed by atoms with Gasteiger partial charge in [-0.1, -0.05) is 6.58 Å². The second-order valence-electron chi connectivity index (χ2n) is 1.05. The van der Waals surface area contributed by atoms with Crippen LogP contribution in [0.4, 0.5) is 4.39 Å². The molecule has 0 rings (SSSR count). The Kier molecular flexibility index (Phi) is 4.87. The van der Waals surface area contributed by atoms with Gasteiger partial charge in [-0.25, -0.2) is 4.79 Å². The predicted molar refractivity (Wildman–Crippen MR) is 26.3 cm³/mol. The topological polar surface area (TPSA) is 26.3 Å². The van der Waals surface area contributed by atoms with E-state index in [0.29, 0.717) is 0 Å². The van der Waals surface area contributed by atoms with Crippen molar-refractivity contribution in [3.63, 3.8) is 0 Å². The van der Waals surface area contributed by atoms with Gasteiger partial charge in [0.2, 0.25) is 0 Å². The Morgan fingerprint density at radius 1 is 1.78 bits per heavy atom. The van der Waals surface area contributed by atoms with Crippen molar-refractivity contribution in [2.75, 3.05) is 0 Å². The zero-order chi connectivity index (χ0) is 6.57. The molecule has 0 saturated carbocycles. The number of carbonyl (C=O) groups excluding carboxylic acids is 1. The zero-order valence-corrected chi connectivity index (χ0v) is 11.6. The Morgan fingerprint density at radius 2 is 2.22 bits per heavy atom. The molecule has 9 heavy (non-hydrogen) atoms. The van der Waals surface area contributed by atoms with Crippen LogP contribution in [0.2, 0.25) is 0 Å². The first-order chi connectivity index (χ1) is 3.68. The van der Waals surface area contributed by atoms with Crippen LogP contribution in [0.3, 0.4) is 0 Å². The van der Waals surface area contributed by atoms with Crippen LogP contribution in [0.1, 0.15) is 6.92 Å². The summed E-state index contributed by atoms with van der Waals surface area (Å²) in [4.78, 5) is 10.0. The summed E-state index contributed by atoms with van der Waals surface area (Å²) >= 11 is 0. The number of hydrogen-bond acceptors (Lipinski definition) is 2. The standard InChI is InChI=1S/C5H6FO2.Rf/c1-3-8-5(7)4(2)6;/h3H,2H2,1H3;/q-1;. The minimum absolute atomic E-state index is 0. The number of halogens is 1. The first-order valence-corrected chi connectivity index (χ1v) is 2.01. The zero-order valence-electron chi connectivity index (χ0n) is 5.19. The molecule has 48 valence electrons. The van der Waals surface area contributed by atoms with Crippen LogP contribution >= 0.6 is 0 Å². The van der Waals surface area contributed by atoms with E-state index >= 15 is 0 Å². The van der Waals surface area contributed by atoms with E-state index < -0.39 is 11.8 Å². The summed E-state index contributed by atoms with van der Waals surface area (Å²) in [5.74, 6) is -2.12. The Hall–Kier alpha value is -1.86. The molecule has 0 N–H and O–H groups in total. The minimum atomic E-state index is -1.08. The number of rotatable bonds is 2. The van der Waals surface area contributed by atoms with E-state index in [0.717, 1.165) is 6.61 Å². The average molecular weight is 384 g/mol. The van der Waals surface area contributed by atoms with Gasteiger partial charge in [0, 0.05) is 0 Å². The van der Waals surface area contributed by atoms with E-state index in [1.54, 1.807) is 0 Å². The van der Waals surface area contributed by atoms with E-state index in [4.69, 9.17) is 0 Å². The third kappa shape index (κ3) is 3.98. The van der Waals surface area contributed by atoms with E-state index in [1.807, 2.05) is 0 Å². The minimum Gasteiger partial charge on any atom is -0.632 e. The summed E-state index contributed by atoms with van der Waals surface area (Å²) in [5, 5.41) is 0. The average Bonchev–Trinajstić information content (AvgIpc) is 1.67. The van der Waals surface area contributed by atoms with Gasteiger partial charge >= 0.3 is 5.97 Å². The van der Waals surface area contributed by atoms with Crippen LogP contribution in [-0.2, 0) is 9.53 Å². The van der Waals surface area contributed by atoms with Gasteiger partial charge in [0.15, 0.2) is 5.83 Å². The molecule has 0 heterocycles. The summed E-state index contributed by atoms with van der Waals surface area (Å²) in [7, 11) is 0. The number of esters is 1. The molecule has 0 bridgehead atoms. The molecule has 0 aliphatic rings. The van der Waals surface area contributed by atoms with Crippen molar-refractivity contribution in [3.05, 3.63) is 19.0 Å². The molecule has 0 atom stereocenters. The fourth-order valence-electron chi connectivity index (χ4n) is 0.171. The Morgan fingerprint density at radius 3 is 2.33 bits per heavy atom. The summed E-state index contributed by atoms with van der Waals surface area (Å²) in [6, 6.07) is 0. The van der Waals surface area contributed by atoms with Crippen LogP contribution in [0, 0.1) is 6.61 Å². The summed E-state index contributed by atoms with van der Waals surface area (Å²) in [5.41, 5.74) is 0. The van der Waals surface area contributed by atoms with Gasteiger partial charge in [0.1, 0.15) is 0 Å². The normalized spacial score (nSPS) is 7.33. The van der Waals surface area contributed by atoms with Crippen molar-refractivity contribution in [1.82, 2.24) is 0 Å². The van der Waals surface area contributed by atoms with Crippen LogP contribution in [0.25, 0.3) is 0 Å².